The lowest BCUT2D eigenvalue weighted by Gasteiger charge is -2.19. The predicted molar refractivity (Wildman–Crippen MR) is 147 cm³/mol. The summed E-state index contributed by atoms with van der Waals surface area (Å²) < 4.78 is 0. The lowest BCUT2D eigenvalue weighted by molar-refractivity contribution is -0.117. The molecule has 1 unspecified atom stereocenters. The molecule has 3 aromatic carbocycles. The molecule has 0 radical (unpaired) electrons. The lowest BCUT2D eigenvalue weighted by Crippen LogP contribution is -2.31. The maximum absolute atomic E-state index is 13.7. The minimum atomic E-state index is -0.526. The molecule has 0 aromatic heterocycles. The van der Waals surface area contributed by atoms with Crippen LogP contribution in [-0.2, 0) is 16.0 Å². The third-order valence-corrected chi connectivity index (χ3v) is 7.52. The number of nitrogens with zero attached hydrogens (tertiary/aromatic N) is 2. The zero-order valence-electron chi connectivity index (χ0n) is 20.9. The van der Waals surface area contributed by atoms with Gasteiger partial charge in [-0.15, -0.1) is 0 Å². The van der Waals surface area contributed by atoms with Gasteiger partial charge in [-0.05, 0) is 61.1 Å². The first kappa shape index (κ1) is 25.3. The van der Waals surface area contributed by atoms with Crippen molar-refractivity contribution < 1.29 is 9.59 Å². The summed E-state index contributed by atoms with van der Waals surface area (Å²) >= 11 is 1.28. The van der Waals surface area contributed by atoms with Gasteiger partial charge in [0.05, 0.1) is 5.25 Å². The van der Waals surface area contributed by atoms with Gasteiger partial charge in [0.25, 0.3) is 5.91 Å². The molecule has 1 atom stereocenters. The Morgan fingerprint density at radius 2 is 1.69 bits per heavy atom. The maximum atomic E-state index is 13.7. The predicted octanol–water partition coefficient (Wildman–Crippen LogP) is 6.49. The molecule has 36 heavy (non-hydrogen) atoms. The molecule has 0 spiro atoms. The van der Waals surface area contributed by atoms with E-state index in [1.54, 1.807) is 6.07 Å². The molecule has 1 aliphatic heterocycles. The molecule has 6 heteroatoms. The SMILES string of the molecule is Cc1ccc(CC2S/C(=C(/C#N)C(=O)Nc3ccccc3C)N(c3ccc(C(C)C)cc3)C2=O)cc1. The molecule has 3 aromatic rings. The van der Waals surface area contributed by atoms with Gasteiger partial charge >= 0.3 is 0 Å². The van der Waals surface area contributed by atoms with Crippen LogP contribution in [0, 0.1) is 25.2 Å². The molecular formula is C30H29N3O2S. The summed E-state index contributed by atoms with van der Waals surface area (Å²) in [5.41, 5.74) is 5.43. The van der Waals surface area contributed by atoms with E-state index in [0.717, 1.165) is 22.3 Å². The Hall–Kier alpha value is -3.82. The average molecular weight is 496 g/mol. The van der Waals surface area contributed by atoms with Crippen LogP contribution in [0.3, 0.4) is 0 Å². The lowest BCUT2D eigenvalue weighted by atomic mass is 10.0. The van der Waals surface area contributed by atoms with Crippen molar-refractivity contribution >= 4 is 35.0 Å². The number of rotatable bonds is 6. The minimum Gasteiger partial charge on any atom is -0.321 e. The van der Waals surface area contributed by atoms with Gasteiger partial charge in [0, 0.05) is 11.4 Å². The number of nitriles is 1. The van der Waals surface area contributed by atoms with E-state index in [9.17, 15) is 14.9 Å². The first-order valence-corrected chi connectivity index (χ1v) is 12.8. The van der Waals surface area contributed by atoms with Gasteiger partial charge in [-0.3, -0.25) is 14.5 Å². The Bertz CT molecular complexity index is 1350. The van der Waals surface area contributed by atoms with Crippen LogP contribution >= 0.6 is 11.8 Å². The molecule has 4 rings (SSSR count). The number of anilines is 2. The van der Waals surface area contributed by atoms with Crippen LogP contribution in [0.15, 0.2) is 83.4 Å². The van der Waals surface area contributed by atoms with E-state index in [2.05, 4.69) is 25.2 Å². The van der Waals surface area contributed by atoms with Crippen molar-refractivity contribution in [3.05, 3.63) is 106 Å². The molecular weight excluding hydrogens is 466 g/mol. The monoisotopic (exact) mass is 495 g/mol. The highest BCUT2D eigenvalue weighted by molar-refractivity contribution is 8.05. The van der Waals surface area contributed by atoms with E-state index in [4.69, 9.17) is 0 Å². The van der Waals surface area contributed by atoms with Crippen LogP contribution < -0.4 is 10.2 Å². The third kappa shape index (κ3) is 5.37. The van der Waals surface area contributed by atoms with Crippen LogP contribution in [0.2, 0.25) is 0 Å². The van der Waals surface area contributed by atoms with Crippen LogP contribution in [0.25, 0.3) is 0 Å². The summed E-state index contributed by atoms with van der Waals surface area (Å²) in [5, 5.41) is 12.8. The van der Waals surface area contributed by atoms with Crippen LogP contribution in [0.1, 0.15) is 42.0 Å². The smallest absolute Gasteiger partial charge is 0.269 e. The van der Waals surface area contributed by atoms with Crippen molar-refractivity contribution in [2.24, 2.45) is 0 Å². The van der Waals surface area contributed by atoms with Crippen molar-refractivity contribution in [2.45, 2.75) is 45.3 Å². The second-order valence-electron chi connectivity index (χ2n) is 9.28. The van der Waals surface area contributed by atoms with E-state index in [0.29, 0.717) is 28.7 Å². The standard InChI is InChI=1S/C30H29N3O2S/c1-19(2)23-13-15-24(16-14-23)33-29(35)27(17-22-11-9-20(3)10-12-22)36-30(33)25(18-31)28(34)32-26-8-6-5-7-21(26)4/h5-16,19,27H,17H2,1-4H3,(H,32,34)/b30-25-. The Morgan fingerprint density at radius 3 is 2.31 bits per heavy atom. The molecule has 2 amide bonds. The van der Waals surface area contributed by atoms with E-state index in [1.165, 1.54) is 16.7 Å². The average Bonchev–Trinajstić information content (AvgIpc) is 3.17. The van der Waals surface area contributed by atoms with Gasteiger partial charge in [0.15, 0.2) is 0 Å². The normalized spacial score (nSPS) is 16.7. The first-order valence-electron chi connectivity index (χ1n) is 12.0. The summed E-state index contributed by atoms with van der Waals surface area (Å²) in [4.78, 5) is 28.5. The summed E-state index contributed by atoms with van der Waals surface area (Å²) in [6.45, 7) is 8.13. The summed E-state index contributed by atoms with van der Waals surface area (Å²) in [6.07, 6.45) is 0.506. The second kappa shape index (κ2) is 10.8. The largest absolute Gasteiger partial charge is 0.321 e. The number of thioether (sulfide) groups is 1. The van der Waals surface area contributed by atoms with Gasteiger partial charge < -0.3 is 5.32 Å². The minimum absolute atomic E-state index is 0.0732. The quantitative estimate of drug-likeness (QED) is 0.313. The Morgan fingerprint density at radius 1 is 1.03 bits per heavy atom. The number of para-hydroxylation sites is 1. The number of amides is 2. The number of benzene rings is 3. The van der Waals surface area contributed by atoms with E-state index >= 15 is 0 Å². The van der Waals surface area contributed by atoms with Crippen molar-refractivity contribution in [3.8, 4) is 6.07 Å². The molecule has 1 heterocycles. The van der Waals surface area contributed by atoms with Gasteiger partial charge in [-0.1, -0.05) is 85.8 Å². The third-order valence-electron chi connectivity index (χ3n) is 6.26. The highest BCUT2D eigenvalue weighted by Gasteiger charge is 2.40. The maximum Gasteiger partial charge on any atom is 0.269 e. The van der Waals surface area contributed by atoms with Crippen molar-refractivity contribution in [1.29, 1.82) is 5.26 Å². The number of carbonyl (C=O) groups excluding carboxylic acids is 2. The molecule has 1 saturated heterocycles. The summed E-state index contributed by atoms with van der Waals surface area (Å²) in [7, 11) is 0. The molecule has 0 saturated carbocycles. The Kier molecular flexibility index (Phi) is 7.61. The Balaban J connectivity index is 1.73. The summed E-state index contributed by atoms with van der Waals surface area (Å²) in [6, 6.07) is 25.3. The molecule has 0 aliphatic carbocycles. The number of nitrogens with one attached hydrogen (secondary N) is 1. The number of carbonyl (C=O) groups is 2. The highest BCUT2D eigenvalue weighted by Crippen LogP contribution is 2.42. The van der Waals surface area contributed by atoms with Crippen LogP contribution in [-0.4, -0.2) is 17.1 Å². The molecule has 5 nitrogen and oxygen atoms in total. The van der Waals surface area contributed by atoms with E-state index in [-0.39, 0.29) is 11.5 Å². The molecule has 1 aliphatic rings. The first-order chi connectivity index (χ1) is 17.3. The fraction of sp³-hybridized carbons (Fsp3) is 0.233. The number of hydrogen-bond acceptors (Lipinski definition) is 4. The second-order valence-corrected chi connectivity index (χ2v) is 10.5. The van der Waals surface area contributed by atoms with E-state index < -0.39 is 11.2 Å². The van der Waals surface area contributed by atoms with Crippen molar-refractivity contribution in [1.82, 2.24) is 0 Å². The highest BCUT2D eigenvalue weighted by atomic mass is 32.2. The number of hydrogen-bond donors (Lipinski definition) is 1. The van der Waals surface area contributed by atoms with Crippen molar-refractivity contribution in [2.75, 3.05) is 10.2 Å². The number of aryl methyl sites for hydroxylation is 2. The van der Waals surface area contributed by atoms with E-state index in [1.807, 2.05) is 80.6 Å². The fourth-order valence-electron chi connectivity index (χ4n) is 4.07. The molecule has 182 valence electrons. The molecule has 0 bridgehead atoms. The van der Waals surface area contributed by atoms with Gasteiger partial charge in [0.2, 0.25) is 5.91 Å². The zero-order chi connectivity index (χ0) is 25.8. The van der Waals surface area contributed by atoms with Gasteiger partial charge in [-0.25, -0.2) is 0 Å². The molecule has 1 fully saturated rings. The summed E-state index contributed by atoms with van der Waals surface area (Å²) in [5.74, 6) is -0.312. The van der Waals surface area contributed by atoms with Gasteiger partial charge in [0.1, 0.15) is 16.7 Å². The fourth-order valence-corrected chi connectivity index (χ4v) is 5.37. The van der Waals surface area contributed by atoms with Gasteiger partial charge in [-0.2, -0.15) is 5.26 Å². The molecule has 1 N–H and O–H groups in total. The Labute approximate surface area is 216 Å². The van der Waals surface area contributed by atoms with Crippen LogP contribution in [0.4, 0.5) is 11.4 Å². The zero-order valence-corrected chi connectivity index (χ0v) is 21.7. The van der Waals surface area contributed by atoms with Crippen LogP contribution in [0.5, 0.6) is 0 Å². The topological polar surface area (TPSA) is 73.2 Å². The van der Waals surface area contributed by atoms with Crippen molar-refractivity contribution in [3.63, 3.8) is 0 Å².